The number of pyridine rings is 2. The monoisotopic (exact) mass is 338 g/mol. The van der Waals surface area contributed by atoms with Crippen LogP contribution in [0.25, 0.3) is 0 Å². The molecule has 2 aliphatic heterocycles. The Labute approximate surface area is 149 Å². The molecular weight excluding hydrogens is 312 g/mol. The number of piperidine rings is 1. The molecule has 25 heavy (non-hydrogen) atoms. The van der Waals surface area contributed by atoms with Gasteiger partial charge in [0, 0.05) is 43.6 Å². The average Bonchev–Trinajstić information content (AvgIpc) is 2.63. The van der Waals surface area contributed by atoms with Crippen molar-refractivity contribution < 1.29 is 4.74 Å². The molecule has 0 bridgehead atoms. The maximum absolute atomic E-state index is 5.91. The molecule has 4 rings (SSSR count). The molecule has 5 heteroatoms. The van der Waals surface area contributed by atoms with Crippen LogP contribution in [0, 0.1) is 5.92 Å². The molecule has 2 aromatic heterocycles. The Morgan fingerprint density at radius 3 is 2.64 bits per heavy atom. The van der Waals surface area contributed by atoms with Gasteiger partial charge in [0.05, 0.1) is 12.3 Å². The minimum Gasteiger partial charge on any atom is -0.477 e. The SMILES string of the molecule is CN1CC[C@H](COc2ccccn2)CC12CN(Cc1ccccn1)C2. The summed E-state index contributed by atoms with van der Waals surface area (Å²) in [6, 6.07) is 12.0. The highest BCUT2D eigenvalue weighted by molar-refractivity contribution is 5.11. The second-order valence-corrected chi connectivity index (χ2v) is 7.45. The van der Waals surface area contributed by atoms with Gasteiger partial charge < -0.3 is 4.74 Å². The van der Waals surface area contributed by atoms with E-state index in [0.29, 0.717) is 11.5 Å². The van der Waals surface area contributed by atoms with Gasteiger partial charge in [0.2, 0.25) is 5.88 Å². The van der Waals surface area contributed by atoms with Gasteiger partial charge >= 0.3 is 0 Å². The van der Waals surface area contributed by atoms with E-state index in [0.717, 1.165) is 44.4 Å². The maximum Gasteiger partial charge on any atom is 0.213 e. The third-order valence-electron chi connectivity index (χ3n) is 5.60. The van der Waals surface area contributed by atoms with Gasteiger partial charge in [-0.1, -0.05) is 12.1 Å². The fraction of sp³-hybridized carbons (Fsp3) is 0.500. The van der Waals surface area contributed by atoms with Crippen LogP contribution in [-0.4, -0.2) is 58.6 Å². The summed E-state index contributed by atoms with van der Waals surface area (Å²) >= 11 is 0. The molecule has 0 amide bonds. The summed E-state index contributed by atoms with van der Waals surface area (Å²) in [4.78, 5) is 13.8. The van der Waals surface area contributed by atoms with Crippen molar-refractivity contribution in [1.82, 2.24) is 19.8 Å². The summed E-state index contributed by atoms with van der Waals surface area (Å²) in [5.41, 5.74) is 1.47. The largest absolute Gasteiger partial charge is 0.477 e. The predicted molar refractivity (Wildman–Crippen MR) is 97.3 cm³/mol. The van der Waals surface area contributed by atoms with Crippen LogP contribution in [0.5, 0.6) is 5.88 Å². The fourth-order valence-corrected chi connectivity index (χ4v) is 4.18. The van der Waals surface area contributed by atoms with Crippen LogP contribution in [0.3, 0.4) is 0 Å². The second kappa shape index (κ2) is 7.10. The van der Waals surface area contributed by atoms with Crippen LogP contribution in [0.1, 0.15) is 18.5 Å². The molecule has 0 saturated carbocycles. The van der Waals surface area contributed by atoms with Crippen LogP contribution >= 0.6 is 0 Å². The minimum atomic E-state index is 0.311. The molecule has 5 nitrogen and oxygen atoms in total. The number of rotatable bonds is 5. The Bertz CT molecular complexity index is 673. The number of nitrogens with zero attached hydrogens (tertiary/aromatic N) is 4. The lowest BCUT2D eigenvalue weighted by atomic mass is 9.75. The number of likely N-dealkylation sites (N-methyl/N-ethyl adjacent to an activating group) is 1. The van der Waals surface area contributed by atoms with Gasteiger partial charge in [-0.05, 0) is 50.6 Å². The van der Waals surface area contributed by atoms with Crippen molar-refractivity contribution in [3.05, 3.63) is 54.5 Å². The van der Waals surface area contributed by atoms with Crippen molar-refractivity contribution in [2.75, 3.05) is 33.3 Å². The van der Waals surface area contributed by atoms with E-state index in [1.807, 2.05) is 30.5 Å². The first kappa shape index (κ1) is 16.5. The van der Waals surface area contributed by atoms with Gasteiger partial charge in [0.25, 0.3) is 0 Å². The predicted octanol–water partition coefficient (Wildman–Crippen LogP) is 2.45. The zero-order valence-electron chi connectivity index (χ0n) is 14.8. The van der Waals surface area contributed by atoms with E-state index in [1.54, 1.807) is 6.20 Å². The van der Waals surface area contributed by atoms with E-state index < -0.39 is 0 Å². The van der Waals surface area contributed by atoms with Crippen molar-refractivity contribution in [2.45, 2.75) is 24.9 Å². The summed E-state index contributed by atoms with van der Waals surface area (Å²) in [6.07, 6.45) is 6.07. The van der Waals surface area contributed by atoms with E-state index in [4.69, 9.17) is 4.74 Å². The van der Waals surface area contributed by atoms with E-state index in [9.17, 15) is 0 Å². The highest BCUT2D eigenvalue weighted by Gasteiger charge is 2.49. The van der Waals surface area contributed by atoms with Crippen molar-refractivity contribution in [3.8, 4) is 5.88 Å². The third kappa shape index (κ3) is 3.67. The molecule has 0 N–H and O–H groups in total. The standard InChI is InChI=1S/C20H26N4O/c1-23-11-8-17(14-25-19-7-3-5-10-22-19)12-20(23)15-24(16-20)13-18-6-2-4-9-21-18/h2-7,9-10,17H,8,11-16H2,1H3/t17-/m0/s1. The first-order valence-corrected chi connectivity index (χ1v) is 9.11. The van der Waals surface area contributed by atoms with Gasteiger partial charge in [-0.25, -0.2) is 4.98 Å². The molecule has 0 radical (unpaired) electrons. The smallest absolute Gasteiger partial charge is 0.213 e. The summed E-state index contributed by atoms with van der Waals surface area (Å²) in [5.74, 6) is 1.34. The van der Waals surface area contributed by atoms with E-state index >= 15 is 0 Å². The molecular formula is C20H26N4O. The Morgan fingerprint density at radius 1 is 1.12 bits per heavy atom. The van der Waals surface area contributed by atoms with Gasteiger partial charge in [-0.3, -0.25) is 14.8 Å². The molecule has 0 aliphatic carbocycles. The third-order valence-corrected chi connectivity index (χ3v) is 5.60. The molecule has 2 saturated heterocycles. The van der Waals surface area contributed by atoms with Crippen molar-refractivity contribution in [1.29, 1.82) is 0 Å². The normalized spacial score (nSPS) is 23.3. The lowest BCUT2D eigenvalue weighted by Crippen LogP contribution is -2.71. The average molecular weight is 338 g/mol. The van der Waals surface area contributed by atoms with Crippen molar-refractivity contribution >= 4 is 0 Å². The molecule has 1 spiro atoms. The van der Waals surface area contributed by atoms with Crippen LogP contribution in [0.15, 0.2) is 48.8 Å². The Hall–Kier alpha value is -1.98. The number of hydrogen-bond donors (Lipinski definition) is 0. The number of aromatic nitrogens is 2. The summed E-state index contributed by atoms with van der Waals surface area (Å²) in [7, 11) is 2.27. The Balaban J connectivity index is 1.31. The van der Waals surface area contributed by atoms with E-state index in [-0.39, 0.29) is 0 Å². The highest BCUT2D eigenvalue weighted by Crippen LogP contribution is 2.38. The van der Waals surface area contributed by atoms with Crippen molar-refractivity contribution in [3.63, 3.8) is 0 Å². The topological polar surface area (TPSA) is 41.5 Å². The van der Waals surface area contributed by atoms with Crippen molar-refractivity contribution in [2.24, 2.45) is 5.92 Å². The maximum atomic E-state index is 5.91. The summed E-state index contributed by atoms with van der Waals surface area (Å²) in [5, 5.41) is 0. The highest BCUT2D eigenvalue weighted by atomic mass is 16.5. The Morgan fingerprint density at radius 2 is 1.92 bits per heavy atom. The molecule has 2 aromatic rings. The lowest BCUT2D eigenvalue weighted by Gasteiger charge is -2.58. The van der Waals surface area contributed by atoms with Crippen LogP contribution < -0.4 is 4.74 Å². The van der Waals surface area contributed by atoms with Gasteiger partial charge in [0.1, 0.15) is 0 Å². The molecule has 4 heterocycles. The van der Waals surface area contributed by atoms with Gasteiger partial charge in [-0.2, -0.15) is 0 Å². The quantitative estimate of drug-likeness (QED) is 0.838. The van der Waals surface area contributed by atoms with E-state index in [2.05, 4.69) is 38.9 Å². The summed E-state index contributed by atoms with van der Waals surface area (Å²) < 4.78 is 5.91. The van der Waals surface area contributed by atoms with E-state index in [1.165, 1.54) is 12.8 Å². The zero-order valence-corrected chi connectivity index (χ0v) is 14.8. The number of likely N-dealkylation sites (tertiary alicyclic amines) is 2. The van der Waals surface area contributed by atoms with Gasteiger partial charge in [-0.15, -0.1) is 0 Å². The van der Waals surface area contributed by atoms with Crippen LogP contribution in [-0.2, 0) is 6.54 Å². The number of hydrogen-bond acceptors (Lipinski definition) is 5. The molecule has 132 valence electrons. The first-order chi connectivity index (χ1) is 12.2. The summed E-state index contributed by atoms with van der Waals surface area (Å²) in [6.45, 7) is 5.12. The fourth-order valence-electron chi connectivity index (χ4n) is 4.18. The molecule has 1 atom stereocenters. The molecule has 0 unspecified atom stereocenters. The zero-order chi connectivity index (χ0) is 17.1. The van der Waals surface area contributed by atoms with Crippen LogP contribution in [0.2, 0.25) is 0 Å². The minimum absolute atomic E-state index is 0.311. The second-order valence-electron chi connectivity index (χ2n) is 7.45. The van der Waals surface area contributed by atoms with Gasteiger partial charge in [0.15, 0.2) is 0 Å². The molecule has 2 fully saturated rings. The lowest BCUT2D eigenvalue weighted by molar-refractivity contribution is -0.0878. The number of ether oxygens (including phenoxy) is 1. The Kier molecular flexibility index (Phi) is 4.68. The molecule has 0 aromatic carbocycles. The first-order valence-electron chi connectivity index (χ1n) is 9.11. The van der Waals surface area contributed by atoms with Crippen LogP contribution in [0.4, 0.5) is 0 Å². The molecule has 2 aliphatic rings.